The summed E-state index contributed by atoms with van der Waals surface area (Å²) in [6, 6.07) is 11.8. The lowest BCUT2D eigenvalue weighted by atomic mass is 10.0. The average molecular weight is 339 g/mol. The Kier molecular flexibility index (Phi) is 4.72. The minimum absolute atomic E-state index is 0.0395. The first-order valence-electron chi connectivity index (χ1n) is 7.73. The zero-order valence-electron chi connectivity index (χ0n) is 13.6. The van der Waals surface area contributed by atoms with E-state index in [1.807, 2.05) is 48.3 Å². The maximum Gasteiger partial charge on any atom is 0.351 e. The first-order chi connectivity index (χ1) is 11.7. The van der Waals surface area contributed by atoms with Crippen LogP contribution < -0.4 is 0 Å². The SMILES string of the molecule is CCOC(=O)/C(C#N)=C1\C2=C(N=C(c3ccccc3)N1C)SCC2. The molecule has 2 aliphatic rings. The van der Waals surface area contributed by atoms with Crippen molar-refractivity contribution >= 4 is 23.6 Å². The molecule has 0 fully saturated rings. The van der Waals surface area contributed by atoms with Crippen molar-refractivity contribution in [3.8, 4) is 6.07 Å². The van der Waals surface area contributed by atoms with Gasteiger partial charge in [-0.15, -0.1) is 11.8 Å². The van der Waals surface area contributed by atoms with E-state index in [2.05, 4.69) is 0 Å². The molecule has 0 aromatic heterocycles. The van der Waals surface area contributed by atoms with Gasteiger partial charge in [-0.25, -0.2) is 9.79 Å². The van der Waals surface area contributed by atoms with Crippen LogP contribution in [0.5, 0.6) is 0 Å². The molecule has 1 aromatic carbocycles. The third-order valence-corrected chi connectivity index (χ3v) is 4.87. The van der Waals surface area contributed by atoms with Gasteiger partial charge in [-0.1, -0.05) is 30.3 Å². The van der Waals surface area contributed by atoms with Crippen molar-refractivity contribution in [2.75, 3.05) is 19.4 Å². The van der Waals surface area contributed by atoms with Crippen LogP contribution in [0.15, 0.2) is 57.2 Å². The standard InChI is InChI=1S/C18H17N3O2S/c1-3-23-18(22)14(11-19)15-13-9-10-24-17(13)20-16(21(15)2)12-7-5-4-6-8-12/h4-8H,3,9-10H2,1-2H3/b15-14+. The summed E-state index contributed by atoms with van der Waals surface area (Å²) in [5, 5.41) is 10.5. The maximum atomic E-state index is 12.3. The molecule has 0 saturated heterocycles. The Morgan fingerprint density at radius 3 is 2.83 bits per heavy atom. The minimum Gasteiger partial charge on any atom is -0.462 e. The molecule has 0 amide bonds. The summed E-state index contributed by atoms with van der Waals surface area (Å²) in [6.07, 6.45) is 0.788. The molecule has 0 N–H and O–H groups in total. The molecule has 1 aromatic rings. The topological polar surface area (TPSA) is 65.7 Å². The maximum absolute atomic E-state index is 12.3. The molecule has 0 bridgehead atoms. The number of benzene rings is 1. The molecule has 0 atom stereocenters. The molecule has 0 radical (unpaired) electrons. The molecule has 24 heavy (non-hydrogen) atoms. The molecule has 5 nitrogen and oxygen atoms in total. The number of ether oxygens (including phenoxy) is 1. The Hall–Kier alpha value is -2.52. The number of amidine groups is 1. The predicted molar refractivity (Wildman–Crippen MR) is 94.1 cm³/mol. The Morgan fingerprint density at radius 2 is 2.17 bits per heavy atom. The van der Waals surface area contributed by atoms with Gasteiger partial charge in [-0.05, 0) is 13.3 Å². The molecule has 0 saturated carbocycles. The second kappa shape index (κ2) is 6.93. The van der Waals surface area contributed by atoms with Crippen molar-refractivity contribution in [3.63, 3.8) is 0 Å². The first kappa shape index (κ1) is 16.3. The summed E-state index contributed by atoms with van der Waals surface area (Å²) in [5.41, 5.74) is 2.55. The second-order valence-corrected chi connectivity index (χ2v) is 6.38. The van der Waals surface area contributed by atoms with E-state index in [-0.39, 0.29) is 12.2 Å². The van der Waals surface area contributed by atoms with Crippen LogP contribution in [0.4, 0.5) is 0 Å². The van der Waals surface area contributed by atoms with E-state index in [0.717, 1.165) is 34.2 Å². The number of allylic oxidation sites excluding steroid dienone is 1. The van der Waals surface area contributed by atoms with E-state index < -0.39 is 5.97 Å². The highest BCUT2D eigenvalue weighted by Gasteiger charge is 2.33. The fourth-order valence-corrected chi connectivity index (χ4v) is 3.83. The molecular formula is C18H17N3O2S. The van der Waals surface area contributed by atoms with Crippen LogP contribution in [0, 0.1) is 11.3 Å². The van der Waals surface area contributed by atoms with Crippen molar-refractivity contribution in [1.29, 1.82) is 5.26 Å². The van der Waals surface area contributed by atoms with Crippen molar-refractivity contribution in [1.82, 2.24) is 4.90 Å². The van der Waals surface area contributed by atoms with Gasteiger partial charge in [0.1, 0.15) is 16.9 Å². The Bertz CT molecular complexity index is 803. The quantitative estimate of drug-likeness (QED) is 0.481. The fraction of sp³-hybridized carbons (Fsp3) is 0.278. The molecular weight excluding hydrogens is 322 g/mol. The van der Waals surface area contributed by atoms with Crippen molar-refractivity contribution < 1.29 is 9.53 Å². The Balaban J connectivity index is 2.16. The highest BCUT2D eigenvalue weighted by molar-refractivity contribution is 8.03. The van der Waals surface area contributed by atoms with Crippen molar-refractivity contribution in [3.05, 3.63) is 57.8 Å². The van der Waals surface area contributed by atoms with Crippen molar-refractivity contribution in [2.45, 2.75) is 13.3 Å². The lowest BCUT2D eigenvalue weighted by Crippen LogP contribution is -2.32. The molecule has 3 rings (SSSR count). The zero-order valence-corrected chi connectivity index (χ0v) is 14.4. The number of nitriles is 1. The number of thioether (sulfide) groups is 1. The summed E-state index contributed by atoms with van der Waals surface area (Å²) >= 11 is 1.65. The summed E-state index contributed by atoms with van der Waals surface area (Å²) < 4.78 is 5.07. The minimum atomic E-state index is -0.583. The van der Waals surface area contributed by atoms with E-state index in [1.54, 1.807) is 18.7 Å². The molecule has 2 aliphatic heterocycles. The summed E-state index contributed by atoms with van der Waals surface area (Å²) in [4.78, 5) is 18.8. The Morgan fingerprint density at radius 1 is 1.42 bits per heavy atom. The first-order valence-corrected chi connectivity index (χ1v) is 8.71. The Labute approximate surface area is 145 Å². The van der Waals surface area contributed by atoms with E-state index in [9.17, 15) is 10.1 Å². The van der Waals surface area contributed by atoms with Crippen LogP contribution in [0.2, 0.25) is 0 Å². The third-order valence-electron chi connectivity index (χ3n) is 3.86. The highest BCUT2D eigenvalue weighted by Crippen LogP contribution is 2.42. The monoisotopic (exact) mass is 339 g/mol. The number of hydrogen-bond donors (Lipinski definition) is 0. The number of likely N-dealkylation sites (N-methyl/N-ethyl adjacent to an activating group) is 1. The molecule has 122 valence electrons. The third kappa shape index (κ3) is 2.83. The van der Waals surface area contributed by atoms with Crippen LogP contribution in [0.1, 0.15) is 18.9 Å². The van der Waals surface area contributed by atoms with Crippen LogP contribution in [0.3, 0.4) is 0 Å². The van der Waals surface area contributed by atoms with Gasteiger partial charge in [0.2, 0.25) is 0 Å². The van der Waals surface area contributed by atoms with E-state index in [1.165, 1.54) is 0 Å². The van der Waals surface area contributed by atoms with Gasteiger partial charge in [0, 0.05) is 23.9 Å². The fourth-order valence-electron chi connectivity index (χ4n) is 2.81. The smallest absolute Gasteiger partial charge is 0.351 e. The predicted octanol–water partition coefficient (Wildman–Crippen LogP) is 3.07. The summed E-state index contributed by atoms with van der Waals surface area (Å²) in [5.74, 6) is 1.05. The van der Waals surface area contributed by atoms with E-state index in [0.29, 0.717) is 5.70 Å². The van der Waals surface area contributed by atoms with E-state index >= 15 is 0 Å². The van der Waals surface area contributed by atoms with E-state index in [4.69, 9.17) is 9.73 Å². The summed E-state index contributed by atoms with van der Waals surface area (Å²) in [7, 11) is 1.84. The van der Waals surface area contributed by atoms with Crippen LogP contribution in [0.25, 0.3) is 0 Å². The normalized spacial score (nSPS) is 18.7. The number of rotatable bonds is 3. The largest absolute Gasteiger partial charge is 0.462 e. The number of carbonyl (C=O) groups is 1. The van der Waals surface area contributed by atoms with Crippen LogP contribution in [-0.4, -0.2) is 36.1 Å². The van der Waals surface area contributed by atoms with Gasteiger partial charge in [0.25, 0.3) is 0 Å². The lowest BCUT2D eigenvalue weighted by Gasteiger charge is -2.29. The highest BCUT2D eigenvalue weighted by atomic mass is 32.2. The number of esters is 1. The van der Waals surface area contributed by atoms with Gasteiger partial charge in [0.15, 0.2) is 5.57 Å². The zero-order chi connectivity index (χ0) is 17.1. The van der Waals surface area contributed by atoms with Gasteiger partial charge in [-0.2, -0.15) is 5.26 Å². The van der Waals surface area contributed by atoms with Crippen LogP contribution >= 0.6 is 11.8 Å². The summed E-state index contributed by atoms with van der Waals surface area (Å²) in [6.45, 7) is 1.97. The number of carbonyl (C=O) groups excluding carboxylic acids is 1. The second-order valence-electron chi connectivity index (χ2n) is 5.30. The van der Waals surface area contributed by atoms with Crippen LogP contribution in [-0.2, 0) is 9.53 Å². The number of hydrogen-bond acceptors (Lipinski definition) is 6. The molecule has 0 unspecified atom stereocenters. The molecule has 0 aliphatic carbocycles. The van der Waals surface area contributed by atoms with Gasteiger partial charge in [0.05, 0.1) is 12.3 Å². The van der Waals surface area contributed by atoms with Gasteiger partial charge < -0.3 is 9.64 Å². The van der Waals surface area contributed by atoms with Gasteiger partial charge >= 0.3 is 5.97 Å². The van der Waals surface area contributed by atoms with Gasteiger partial charge in [-0.3, -0.25) is 0 Å². The lowest BCUT2D eigenvalue weighted by molar-refractivity contribution is -0.138. The van der Waals surface area contributed by atoms with Crippen molar-refractivity contribution in [2.24, 2.45) is 4.99 Å². The number of nitrogens with zero attached hydrogens (tertiary/aromatic N) is 3. The molecule has 6 heteroatoms. The molecule has 0 spiro atoms. The molecule has 2 heterocycles. The average Bonchev–Trinajstić information content (AvgIpc) is 3.06. The number of aliphatic imine (C=N–C) groups is 1.